The zero-order valence-electron chi connectivity index (χ0n) is 8.62. The second-order valence-electron chi connectivity index (χ2n) is 3.19. The molecule has 1 atom stereocenters. The van der Waals surface area contributed by atoms with Gasteiger partial charge in [-0.1, -0.05) is 0 Å². The molecule has 0 saturated carbocycles. The molecule has 78 valence electrons. The van der Waals surface area contributed by atoms with E-state index in [0.717, 1.165) is 18.1 Å². The first-order valence-corrected chi connectivity index (χ1v) is 4.84. The van der Waals surface area contributed by atoms with Crippen LogP contribution in [-0.4, -0.2) is 29.3 Å². The molecule has 0 aliphatic heterocycles. The Balaban J connectivity index is 2.46. The van der Waals surface area contributed by atoms with Crippen molar-refractivity contribution in [2.24, 2.45) is 0 Å². The molecule has 1 aromatic rings. The smallest absolute Gasteiger partial charge is 0.126 e. The van der Waals surface area contributed by atoms with E-state index in [-0.39, 0.29) is 6.10 Å². The van der Waals surface area contributed by atoms with Crippen LogP contribution in [0.4, 0.5) is 11.5 Å². The Morgan fingerprint density at radius 2 is 2.21 bits per heavy atom. The van der Waals surface area contributed by atoms with Crippen LogP contribution in [0.5, 0.6) is 0 Å². The quantitative estimate of drug-likeness (QED) is 0.663. The molecule has 0 aromatic carbocycles. The maximum absolute atomic E-state index is 9.05. The third-order valence-corrected chi connectivity index (χ3v) is 1.72. The number of hydrogen-bond donors (Lipinski definition) is 3. The van der Waals surface area contributed by atoms with E-state index in [1.807, 2.05) is 19.1 Å². The summed E-state index contributed by atoms with van der Waals surface area (Å²) in [5.74, 6) is 0.785. The van der Waals surface area contributed by atoms with Gasteiger partial charge in [0.2, 0.25) is 0 Å². The van der Waals surface area contributed by atoms with Crippen molar-refractivity contribution in [1.29, 1.82) is 0 Å². The first-order valence-electron chi connectivity index (χ1n) is 4.84. The number of aliphatic hydroxyl groups is 1. The summed E-state index contributed by atoms with van der Waals surface area (Å²) in [7, 11) is 0. The minimum absolute atomic E-state index is 0.356. The normalized spacial score (nSPS) is 12.2. The molecule has 0 fully saturated rings. The number of hydrogen-bond acceptors (Lipinski definition) is 4. The van der Waals surface area contributed by atoms with E-state index >= 15 is 0 Å². The molecule has 0 bridgehead atoms. The Morgan fingerprint density at radius 3 is 2.71 bits per heavy atom. The summed E-state index contributed by atoms with van der Waals surface area (Å²) in [4.78, 5) is 4.18. The van der Waals surface area contributed by atoms with Crippen molar-refractivity contribution >= 4 is 11.5 Å². The zero-order chi connectivity index (χ0) is 10.4. The van der Waals surface area contributed by atoms with Crippen LogP contribution in [0.2, 0.25) is 0 Å². The van der Waals surface area contributed by atoms with Gasteiger partial charge in [-0.25, -0.2) is 4.98 Å². The first kappa shape index (κ1) is 10.8. The largest absolute Gasteiger partial charge is 0.392 e. The number of rotatable bonds is 5. The molecule has 0 aliphatic rings. The Hall–Kier alpha value is -1.29. The van der Waals surface area contributed by atoms with E-state index in [1.165, 1.54) is 0 Å². The van der Waals surface area contributed by atoms with Crippen molar-refractivity contribution in [3.05, 3.63) is 18.3 Å². The monoisotopic (exact) mass is 195 g/mol. The van der Waals surface area contributed by atoms with Gasteiger partial charge in [0.05, 0.1) is 18.0 Å². The van der Waals surface area contributed by atoms with Gasteiger partial charge >= 0.3 is 0 Å². The lowest BCUT2D eigenvalue weighted by atomic mass is 10.3. The van der Waals surface area contributed by atoms with Crippen molar-refractivity contribution in [2.75, 3.05) is 23.7 Å². The van der Waals surface area contributed by atoms with Crippen molar-refractivity contribution in [1.82, 2.24) is 4.98 Å². The molecule has 0 aliphatic carbocycles. The average Bonchev–Trinajstić information content (AvgIpc) is 2.17. The number of aromatic nitrogens is 1. The summed E-state index contributed by atoms with van der Waals surface area (Å²) < 4.78 is 0. The van der Waals surface area contributed by atoms with Crippen LogP contribution >= 0.6 is 0 Å². The van der Waals surface area contributed by atoms with Crippen molar-refractivity contribution in [3.8, 4) is 0 Å². The van der Waals surface area contributed by atoms with Crippen LogP contribution in [0.15, 0.2) is 18.3 Å². The van der Waals surface area contributed by atoms with Gasteiger partial charge in [0.15, 0.2) is 0 Å². The second kappa shape index (κ2) is 5.44. The highest BCUT2D eigenvalue weighted by molar-refractivity contribution is 5.47. The fourth-order valence-corrected chi connectivity index (χ4v) is 1.06. The third kappa shape index (κ3) is 3.62. The fraction of sp³-hybridized carbons (Fsp3) is 0.500. The lowest BCUT2D eigenvalue weighted by Gasteiger charge is -2.08. The molecule has 4 nitrogen and oxygen atoms in total. The molecular formula is C10H17N3O. The van der Waals surface area contributed by atoms with Gasteiger partial charge in [-0.2, -0.15) is 0 Å². The van der Waals surface area contributed by atoms with Crippen LogP contribution in [-0.2, 0) is 0 Å². The van der Waals surface area contributed by atoms with E-state index in [2.05, 4.69) is 15.6 Å². The van der Waals surface area contributed by atoms with Crippen molar-refractivity contribution in [3.63, 3.8) is 0 Å². The van der Waals surface area contributed by atoms with E-state index in [1.54, 1.807) is 13.1 Å². The Morgan fingerprint density at radius 1 is 1.43 bits per heavy atom. The number of nitrogens with one attached hydrogen (secondary N) is 2. The standard InChI is InChI=1S/C10H17N3O/c1-3-11-9-4-5-10(13-7-9)12-6-8(2)14/h4-5,7-8,11,14H,3,6H2,1-2H3,(H,12,13). The summed E-state index contributed by atoms with van der Waals surface area (Å²) in [5, 5.41) is 15.2. The maximum Gasteiger partial charge on any atom is 0.126 e. The lowest BCUT2D eigenvalue weighted by Crippen LogP contribution is -2.15. The molecule has 1 heterocycles. The second-order valence-corrected chi connectivity index (χ2v) is 3.19. The molecule has 0 spiro atoms. The number of nitrogens with zero attached hydrogens (tertiary/aromatic N) is 1. The van der Waals surface area contributed by atoms with Gasteiger partial charge in [-0.05, 0) is 26.0 Å². The molecule has 0 amide bonds. The topological polar surface area (TPSA) is 57.2 Å². The predicted octanol–water partition coefficient (Wildman–Crippen LogP) is 1.31. The highest BCUT2D eigenvalue weighted by Gasteiger charge is 1.97. The molecule has 1 unspecified atom stereocenters. The van der Waals surface area contributed by atoms with Crippen LogP contribution in [0.25, 0.3) is 0 Å². The first-order chi connectivity index (χ1) is 6.72. The van der Waals surface area contributed by atoms with Gasteiger partial charge in [0, 0.05) is 13.1 Å². The van der Waals surface area contributed by atoms with Gasteiger partial charge in [0.1, 0.15) is 5.82 Å². The summed E-state index contributed by atoms with van der Waals surface area (Å²) in [5.41, 5.74) is 1.01. The number of aliphatic hydroxyl groups excluding tert-OH is 1. The molecule has 0 radical (unpaired) electrons. The molecule has 3 N–H and O–H groups in total. The number of anilines is 2. The fourth-order valence-electron chi connectivity index (χ4n) is 1.06. The van der Waals surface area contributed by atoms with Crippen LogP contribution in [0.1, 0.15) is 13.8 Å². The highest BCUT2D eigenvalue weighted by Crippen LogP contribution is 2.08. The van der Waals surface area contributed by atoms with E-state index < -0.39 is 0 Å². The molecule has 0 saturated heterocycles. The zero-order valence-corrected chi connectivity index (χ0v) is 8.62. The molecule has 1 aromatic heterocycles. The third-order valence-electron chi connectivity index (χ3n) is 1.72. The molecule has 4 heteroatoms. The van der Waals surface area contributed by atoms with Crippen molar-refractivity contribution < 1.29 is 5.11 Å². The van der Waals surface area contributed by atoms with E-state index in [4.69, 9.17) is 5.11 Å². The van der Waals surface area contributed by atoms with Gasteiger partial charge in [-0.3, -0.25) is 0 Å². The SMILES string of the molecule is CCNc1ccc(NCC(C)O)nc1. The summed E-state index contributed by atoms with van der Waals surface area (Å²) >= 11 is 0. The molecule has 14 heavy (non-hydrogen) atoms. The van der Waals surface area contributed by atoms with E-state index in [0.29, 0.717) is 6.54 Å². The number of pyridine rings is 1. The predicted molar refractivity (Wildman–Crippen MR) is 58.6 cm³/mol. The van der Waals surface area contributed by atoms with Crippen molar-refractivity contribution in [2.45, 2.75) is 20.0 Å². The van der Waals surface area contributed by atoms with Crippen LogP contribution in [0, 0.1) is 0 Å². The van der Waals surface area contributed by atoms with Gasteiger partial charge < -0.3 is 15.7 Å². The van der Waals surface area contributed by atoms with Gasteiger partial charge in [0.25, 0.3) is 0 Å². The highest BCUT2D eigenvalue weighted by atomic mass is 16.3. The Kier molecular flexibility index (Phi) is 4.19. The Bertz CT molecular complexity index is 259. The lowest BCUT2D eigenvalue weighted by molar-refractivity contribution is 0.208. The Labute approximate surface area is 84.4 Å². The minimum Gasteiger partial charge on any atom is -0.392 e. The molecule has 1 rings (SSSR count). The molecular weight excluding hydrogens is 178 g/mol. The summed E-state index contributed by atoms with van der Waals surface area (Å²) in [6.07, 6.45) is 1.42. The summed E-state index contributed by atoms with van der Waals surface area (Å²) in [6.45, 7) is 5.19. The van der Waals surface area contributed by atoms with Crippen LogP contribution in [0.3, 0.4) is 0 Å². The van der Waals surface area contributed by atoms with E-state index in [9.17, 15) is 0 Å². The average molecular weight is 195 g/mol. The van der Waals surface area contributed by atoms with Crippen LogP contribution < -0.4 is 10.6 Å². The van der Waals surface area contributed by atoms with Gasteiger partial charge in [-0.15, -0.1) is 0 Å². The minimum atomic E-state index is -0.356. The summed E-state index contributed by atoms with van der Waals surface area (Å²) in [6, 6.07) is 3.85. The maximum atomic E-state index is 9.05.